The van der Waals surface area contributed by atoms with Crippen LogP contribution >= 0.6 is 0 Å². The molecule has 2 aromatic carbocycles. The Morgan fingerprint density at radius 1 is 0.933 bits per heavy atom. The molecule has 0 saturated carbocycles. The van der Waals surface area contributed by atoms with Gasteiger partial charge in [-0.1, -0.05) is 17.7 Å². The highest BCUT2D eigenvalue weighted by molar-refractivity contribution is 7.89. The maximum absolute atomic E-state index is 13.2. The minimum Gasteiger partial charge on any atom is -0.368 e. The summed E-state index contributed by atoms with van der Waals surface area (Å²) in [6, 6.07) is 12.4. The monoisotopic (exact) mass is 431 g/mol. The molecule has 4 rings (SSSR count). The fourth-order valence-corrected chi connectivity index (χ4v) is 5.82. The zero-order valence-corrected chi connectivity index (χ0v) is 17.8. The summed E-state index contributed by atoms with van der Waals surface area (Å²) in [5.74, 6) is -0.398. The second kappa shape index (κ2) is 8.35. The molecule has 0 N–H and O–H groups in total. The van der Waals surface area contributed by atoms with Crippen LogP contribution in [0.15, 0.2) is 53.4 Å². The third kappa shape index (κ3) is 4.06. The van der Waals surface area contributed by atoms with Crippen molar-refractivity contribution in [1.29, 1.82) is 0 Å². The number of aryl methyl sites for hydroxylation is 1. The maximum Gasteiger partial charge on any atom is 0.243 e. The number of halogens is 1. The Morgan fingerprint density at radius 2 is 1.57 bits per heavy atom. The zero-order valence-electron chi connectivity index (χ0n) is 17.0. The molecule has 0 bridgehead atoms. The Hall–Kier alpha value is -2.45. The molecule has 0 aliphatic carbocycles. The van der Waals surface area contributed by atoms with Crippen molar-refractivity contribution in [2.24, 2.45) is 0 Å². The summed E-state index contributed by atoms with van der Waals surface area (Å²) in [7, 11) is -3.71. The molecular formula is C22H26FN3O3S. The van der Waals surface area contributed by atoms with Gasteiger partial charge in [-0.25, -0.2) is 12.8 Å². The van der Waals surface area contributed by atoms with Gasteiger partial charge in [-0.2, -0.15) is 4.31 Å². The zero-order chi connectivity index (χ0) is 21.3. The van der Waals surface area contributed by atoms with Gasteiger partial charge < -0.3 is 9.80 Å². The lowest BCUT2D eigenvalue weighted by atomic mass is 10.1. The van der Waals surface area contributed by atoms with E-state index in [1.165, 1.54) is 16.4 Å². The van der Waals surface area contributed by atoms with Gasteiger partial charge in [-0.05, 0) is 56.2 Å². The van der Waals surface area contributed by atoms with E-state index >= 15 is 0 Å². The van der Waals surface area contributed by atoms with Crippen molar-refractivity contribution in [3.63, 3.8) is 0 Å². The van der Waals surface area contributed by atoms with Crippen molar-refractivity contribution in [3.05, 3.63) is 59.9 Å². The van der Waals surface area contributed by atoms with Gasteiger partial charge in [0.25, 0.3) is 0 Å². The Balaban J connectivity index is 1.44. The highest BCUT2D eigenvalue weighted by Crippen LogP contribution is 2.28. The van der Waals surface area contributed by atoms with Crippen LogP contribution in [-0.2, 0) is 14.8 Å². The Morgan fingerprint density at radius 3 is 2.20 bits per heavy atom. The van der Waals surface area contributed by atoms with Gasteiger partial charge in [-0.15, -0.1) is 0 Å². The number of carbonyl (C=O) groups excluding carboxylic acids is 1. The largest absolute Gasteiger partial charge is 0.368 e. The van der Waals surface area contributed by atoms with E-state index in [1.807, 2.05) is 6.92 Å². The van der Waals surface area contributed by atoms with Crippen molar-refractivity contribution in [3.8, 4) is 0 Å². The lowest BCUT2D eigenvalue weighted by Crippen LogP contribution is -2.54. The molecule has 1 atom stereocenters. The standard InChI is InChI=1S/C22H26FN3O3S/c1-17-4-10-20(11-5-17)30(28,29)26-12-2-3-21(26)22(27)25-15-13-24(14-16-25)19-8-6-18(23)7-9-19/h4-11,21H,2-3,12-16H2,1H3/t21-/m1/s1. The molecule has 160 valence electrons. The van der Waals surface area contributed by atoms with Crippen LogP contribution in [0.25, 0.3) is 0 Å². The molecule has 6 nitrogen and oxygen atoms in total. The smallest absolute Gasteiger partial charge is 0.243 e. The van der Waals surface area contributed by atoms with Crippen LogP contribution < -0.4 is 4.90 Å². The molecule has 1 amide bonds. The molecule has 2 aromatic rings. The van der Waals surface area contributed by atoms with Crippen LogP contribution in [0.1, 0.15) is 18.4 Å². The predicted octanol–water partition coefficient (Wildman–Crippen LogP) is 2.64. The van der Waals surface area contributed by atoms with Crippen molar-refractivity contribution in [2.75, 3.05) is 37.6 Å². The van der Waals surface area contributed by atoms with Crippen LogP contribution in [0.2, 0.25) is 0 Å². The number of nitrogens with zero attached hydrogens (tertiary/aromatic N) is 3. The lowest BCUT2D eigenvalue weighted by Gasteiger charge is -2.38. The number of anilines is 1. The second-order valence-electron chi connectivity index (χ2n) is 7.88. The third-order valence-corrected chi connectivity index (χ3v) is 7.82. The van der Waals surface area contributed by atoms with E-state index in [0.29, 0.717) is 45.6 Å². The molecule has 0 aromatic heterocycles. The quantitative estimate of drug-likeness (QED) is 0.747. The van der Waals surface area contributed by atoms with Gasteiger partial charge >= 0.3 is 0 Å². The molecule has 2 saturated heterocycles. The van der Waals surface area contributed by atoms with Gasteiger partial charge in [0.15, 0.2) is 0 Å². The first kappa shape index (κ1) is 20.8. The molecule has 0 radical (unpaired) electrons. The number of hydrogen-bond acceptors (Lipinski definition) is 4. The minimum absolute atomic E-state index is 0.123. The molecule has 8 heteroatoms. The molecule has 2 aliphatic rings. The summed E-state index contributed by atoms with van der Waals surface area (Å²) in [4.78, 5) is 17.3. The van der Waals surface area contributed by atoms with E-state index in [9.17, 15) is 17.6 Å². The van der Waals surface area contributed by atoms with Crippen LogP contribution in [0.5, 0.6) is 0 Å². The first-order valence-corrected chi connectivity index (χ1v) is 11.7. The number of sulfonamides is 1. The number of benzene rings is 2. The van der Waals surface area contributed by atoms with Crippen molar-refractivity contribution in [1.82, 2.24) is 9.21 Å². The summed E-state index contributed by atoms with van der Waals surface area (Å²) >= 11 is 0. The average molecular weight is 432 g/mol. The highest BCUT2D eigenvalue weighted by atomic mass is 32.2. The third-order valence-electron chi connectivity index (χ3n) is 5.90. The topological polar surface area (TPSA) is 60.9 Å². The van der Waals surface area contributed by atoms with Crippen LogP contribution in [0, 0.1) is 12.7 Å². The van der Waals surface area contributed by atoms with Crippen LogP contribution in [0.3, 0.4) is 0 Å². The van der Waals surface area contributed by atoms with Gasteiger partial charge in [0.05, 0.1) is 4.90 Å². The lowest BCUT2D eigenvalue weighted by molar-refractivity contribution is -0.134. The molecule has 30 heavy (non-hydrogen) atoms. The van der Waals surface area contributed by atoms with E-state index in [1.54, 1.807) is 41.3 Å². The van der Waals surface area contributed by atoms with E-state index in [-0.39, 0.29) is 16.6 Å². The Kier molecular flexibility index (Phi) is 5.79. The fourth-order valence-electron chi connectivity index (χ4n) is 4.17. The first-order valence-electron chi connectivity index (χ1n) is 10.2. The number of carbonyl (C=O) groups is 1. The maximum atomic E-state index is 13.2. The number of piperazine rings is 1. The van der Waals surface area contributed by atoms with Crippen LogP contribution in [-0.4, -0.2) is 62.3 Å². The molecule has 2 aliphatic heterocycles. The van der Waals surface area contributed by atoms with Crippen molar-refractivity contribution >= 4 is 21.6 Å². The van der Waals surface area contributed by atoms with Crippen LogP contribution in [0.4, 0.5) is 10.1 Å². The summed E-state index contributed by atoms with van der Waals surface area (Å²) < 4.78 is 40.8. The summed E-state index contributed by atoms with van der Waals surface area (Å²) in [5, 5.41) is 0. The second-order valence-corrected chi connectivity index (χ2v) is 9.77. The molecule has 2 heterocycles. The first-order chi connectivity index (χ1) is 14.4. The predicted molar refractivity (Wildman–Crippen MR) is 113 cm³/mol. The number of amides is 1. The molecule has 0 unspecified atom stereocenters. The van der Waals surface area contributed by atoms with E-state index in [0.717, 1.165) is 11.3 Å². The fraction of sp³-hybridized carbons (Fsp3) is 0.409. The molecule has 2 fully saturated rings. The Labute approximate surface area is 176 Å². The Bertz CT molecular complexity index is 1000. The van der Waals surface area contributed by atoms with E-state index in [4.69, 9.17) is 0 Å². The van der Waals surface area contributed by atoms with Gasteiger partial charge in [0.1, 0.15) is 11.9 Å². The normalized spacial score (nSPS) is 20.5. The number of hydrogen-bond donors (Lipinski definition) is 0. The summed E-state index contributed by atoms with van der Waals surface area (Å²) in [5.41, 5.74) is 1.91. The van der Waals surface area contributed by atoms with E-state index in [2.05, 4.69) is 4.90 Å². The SMILES string of the molecule is Cc1ccc(S(=O)(=O)N2CCC[C@@H]2C(=O)N2CCN(c3ccc(F)cc3)CC2)cc1. The van der Waals surface area contributed by atoms with Gasteiger partial charge in [0, 0.05) is 38.4 Å². The van der Waals surface area contributed by atoms with Crippen molar-refractivity contribution in [2.45, 2.75) is 30.7 Å². The van der Waals surface area contributed by atoms with Gasteiger partial charge in [-0.3, -0.25) is 4.79 Å². The van der Waals surface area contributed by atoms with E-state index < -0.39 is 16.1 Å². The highest BCUT2D eigenvalue weighted by Gasteiger charge is 2.41. The number of rotatable bonds is 4. The minimum atomic E-state index is -3.71. The molecular weight excluding hydrogens is 405 g/mol. The summed E-state index contributed by atoms with van der Waals surface area (Å²) in [6.07, 6.45) is 1.22. The molecule has 0 spiro atoms. The van der Waals surface area contributed by atoms with Gasteiger partial charge in [0.2, 0.25) is 15.9 Å². The van der Waals surface area contributed by atoms with Crippen molar-refractivity contribution < 1.29 is 17.6 Å². The summed E-state index contributed by atoms with van der Waals surface area (Å²) in [6.45, 7) is 4.58. The average Bonchev–Trinajstić information content (AvgIpc) is 3.25.